The summed E-state index contributed by atoms with van der Waals surface area (Å²) in [6.45, 7) is 5.93. The highest BCUT2D eigenvalue weighted by molar-refractivity contribution is 5.81. The molecule has 152 valence electrons. The van der Waals surface area contributed by atoms with Crippen LogP contribution in [0.3, 0.4) is 0 Å². The number of hydrogen-bond donors (Lipinski definition) is 1. The van der Waals surface area contributed by atoms with Crippen LogP contribution in [0.4, 0.5) is 9.59 Å². The second-order valence-electron chi connectivity index (χ2n) is 8.44. The molecule has 2 amide bonds. The van der Waals surface area contributed by atoms with E-state index < -0.39 is 29.2 Å². The minimum atomic E-state index is -1.19. The smallest absolute Gasteiger partial charge is 0.410 e. The third-order valence-corrected chi connectivity index (χ3v) is 5.15. The average molecular weight is 390 g/mol. The van der Waals surface area contributed by atoms with Crippen molar-refractivity contribution in [3.8, 4) is 0 Å². The fourth-order valence-electron chi connectivity index (χ4n) is 3.78. The molecule has 0 saturated carbocycles. The average Bonchev–Trinajstić information content (AvgIpc) is 3.15. The molecule has 0 radical (unpaired) electrons. The van der Waals surface area contributed by atoms with Crippen molar-refractivity contribution < 1.29 is 29.0 Å². The van der Waals surface area contributed by atoms with Crippen molar-refractivity contribution in [1.82, 2.24) is 9.80 Å². The number of ether oxygens (including phenoxy) is 2. The Hall–Kier alpha value is -2.77. The van der Waals surface area contributed by atoms with Gasteiger partial charge in [0.15, 0.2) is 0 Å². The Morgan fingerprint density at radius 3 is 2.14 bits per heavy atom. The molecule has 8 nitrogen and oxygen atoms in total. The molecule has 2 atom stereocenters. The van der Waals surface area contributed by atoms with Gasteiger partial charge >= 0.3 is 18.2 Å². The maximum Gasteiger partial charge on any atom is 0.410 e. The third-order valence-electron chi connectivity index (χ3n) is 5.15. The SMILES string of the molecule is CC(C)(C)OC(=O)N1CC2CN(C(=O)OCc3ccccc3)CC2(C(=O)O)C1. The number of carboxylic acid groups (broad SMARTS) is 1. The van der Waals surface area contributed by atoms with Crippen LogP contribution in [0.1, 0.15) is 26.3 Å². The van der Waals surface area contributed by atoms with E-state index in [1.807, 2.05) is 30.3 Å². The van der Waals surface area contributed by atoms with Crippen LogP contribution in [0, 0.1) is 11.3 Å². The summed E-state index contributed by atoms with van der Waals surface area (Å²) in [5.41, 5.74) is -0.986. The molecular weight excluding hydrogens is 364 g/mol. The van der Waals surface area contributed by atoms with Crippen LogP contribution in [-0.2, 0) is 20.9 Å². The van der Waals surface area contributed by atoms with Gasteiger partial charge < -0.3 is 24.4 Å². The monoisotopic (exact) mass is 390 g/mol. The van der Waals surface area contributed by atoms with Gasteiger partial charge in [-0.05, 0) is 26.3 Å². The summed E-state index contributed by atoms with van der Waals surface area (Å²) in [6.07, 6.45) is -1.07. The molecule has 8 heteroatoms. The minimum absolute atomic E-state index is 0.0138. The third kappa shape index (κ3) is 4.05. The predicted octanol–water partition coefficient (Wildman–Crippen LogP) is 2.58. The molecule has 0 aliphatic carbocycles. The number of likely N-dealkylation sites (tertiary alicyclic amines) is 2. The van der Waals surface area contributed by atoms with Crippen LogP contribution in [0.5, 0.6) is 0 Å². The van der Waals surface area contributed by atoms with Gasteiger partial charge in [-0.3, -0.25) is 4.79 Å². The molecule has 1 aromatic carbocycles. The van der Waals surface area contributed by atoms with E-state index in [1.165, 1.54) is 9.80 Å². The van der Waals surface area contributed by atoms with Gasteiger partial charge in [-0.15, -0.1) is 0 Å². The highest BCUT2D eigenvalue weighted by Gasteiger charge is 2.60. The van der Waals surface area contributed by atoms with E-state index >= 15 is 0 Å². The molecule has 2 heterocycles. The summed E-state index contributed by atoms with van der Waals surface area (Å²) in [5, 5.41) is 9.86. The minimum Gasteiger partial charge on any atom is -0.481 e. The Labute approximate surface area is 164 Å². The second kappa shape index (κ2) is 7.33. The topological polar surface area (TPSA) is 96.4 Å². The lowest BCUT2D eigenvalue weighted by atomic mass is 9.81. The van der Waals surface area contributed by atoms with Crippen molar-refractivity contribution in [3.05, 3.63) is 35.9 Å². The number of benzene rings is 1. The van der Waals surface area contributed by atoms with Gasteiger partial charge in [-0.2, -0.15) is 0 Å². The van der Waals surface area contributed by atoms with Crippen LogP contribution < -0.4 is 0 Å². The van der Waals surface area contributed by atoms with Crippen molar-refractivity contribution in [3.63, 3.8) is 0 Å². The van der Waals surface area contributed by atoms with E-state index in [9.17, 15) is 19.5 Å². The van der Waals surface area contributed by atoms with Crippen molar-refractivity contribution in [2.75, 3.05) is 26.2 Å². The van der Waals surface area contributed by atoms with Gasteiger partial charge in [0, 0.05) is 32.1 Å². The summed E-state index contributed by atoms with van der Waals surface area (Å²) in [4.78, 5) is 39.7. The van der Waals surface area contributed by atoms with E-state index in [-0.39, 0.29) is 38.7 Å². The van der Waals surface area contributed by atoms with E-state index in [2.05, 4.69) is 0 Å². The molecule has 2 aliphatic heterocycles. The lowest BCUT2D eigenvalue weighted by Crippen LogP contribution is -2.44. The lowest BCUT2D eigenvalue weighted by Gasteiger charge is -2.27. The van der Waals surface area contributed by atoms with Gasteiger partial charge in [0.05, 0.1) is 0 Å². The quantitative estimate of drug-likeness (QED) is 0.852. The number of rotatable bonds is 3. The number of hydrogen-bond acceptors (Lipinski definition) is 5. The van der Waals surface area contributed by atoms with Gasteiger partial charge in [0.2, 0.25) is 0 Å². The largest absolute Gasteiger partial charge is 0.481 e. The number of fused-ring (bicyclic) bond motifs is 1. The van der Waals surface area contributed by atoms with E-state index in [0.29, 0.717) is 0 Å². The fourth-order valence-corrected chi connectivity index (χ4v) is 3.78. The molecule has 2 aliphatic rings. The Morgan fingerprint density at radius 1 is 1.07 bits per heavy atom. The first kappa shape index (κ1) is 20.0. The molecule has 3 rings (SSSR count). The van der Waals surface area contributed by atoms with Gasteiger partial charge in [0.25, 0.3) is 0 Å². The number of carbonyl (C=O) groups excluding carboxylic acids is 2. The van der Waals surface area contributed by atoms with Crippen molar-refractivity contribution in [2.45, 2.75) is 33.0 Å². The molecule has 0 spiro atoms. The number of aliphatic carboxylic acids is 1. The van der Waals surface area contributed by atoms with Crippen LogP contribution in [-0.4, -0.2) is 64.8 Å². The molecule has 1 N–H and O–H groups in total. The zero-order valence-electron chi connectivity index (χ0n) is 16.4. The van der Waals surface area contributed by atoms with Gasteiger partial charge in [0.1, 0.15) is 17.6 Å². The van der Waals surface area contributed by atoms with Crippen LogP contribution in [0.2, 0.25) is 0 Å². The van der Waals surface area contributed by atoms with Crippen LogP contribution >= 0.6 is 0 Å². The van der Waals surface area contributed by atoms with E-state index in [0.717, 1.165) is 5.56 Å². The summed E-state index contributed by atoms with van der Waals surface area (Å²) in [5.74, 6) is -1.37. The first-order valence-electron chi connectivity index (χ1n) is 9.28. The van der Waals surface area contributed by atoms with Crippen molar-refractivity contribution >= 4 is 18.2 Å². The molecule has 0 aromatic heterocycles. The number of amides is 2. The number of nitrogens with zero attached hydrogens (tertiary/aromatic N) is 2. The zero-order valence-corrected chi connectivity index (χ0v) is 16.4. The fraction of sp³-hybridized carbons (Fsp3) is 0.550. The molecular formula is C20H26N2O6. The highest BCUT2D eigenvalue weighted by Crippen LogP contribution is 2.43. The molecule has 2 fully saturated rings. The Kier molecular flexibility index (Phi) is 5.23. The number of carbonyl (C=O) groups is 3. The van der Waals surface area contributed by atoms with Gasteiger partial charge in [-0.25, -0.2) is 9.59 Å². The standard InChI is InChI=1S/C20H26N2O6/c1-19(2,3)28-18(26)22-10-15-9-21(12-20(15,13-22)16(23)24)17(25)27-11-14-7-5-4-6-8-14/h4-8,15H,9-13H2,1-3H3,(H,23,24). The second-order valence-corrected chi connectivity index (χ2v) is 8.44. The Bertz CT molecular complexity index is 760. The molecule has 0 bridgehead atoms. The summed E-state index contributed by atoms with van der Waals surface area (Å²) < 4.78 is 10.7. The first-order chi connectivity index (χ1) is 13.1. The van der Waals surface area contributed by atoms with E-state index in [1.54, 1.807) is 20.8 Å². The molecule has 1 aromatic rings. The normalized spacial score (nSPS) is 24.0. The molecule has 28 heavy (non-hydrogen) atoms. The van der Waals surface area contributed by atoms with E-state index in [4.69, 9.17) is 9.47 Å². The van der Waals surface area contributed by atoms with Crippen molar-refractivity contribution in [1.29, 1.82) is 0 Å². The van der Waals surface area contributed by atoms with Crippen LogP contribution in [0.15, 0.2) is 30.3 Å². The van der Waals surface area contributed by atoms with Crippen LogP contribution in [0.25, 0.3) is 0 Å². The summed E-state index contributed by atoms with van der Waals surface area (Å²) in [6, 6.07) is 9.29. The maximum absolute atomic E-state index is 12.4. The summed E-state index contributed by atoms with van der Waals surface area (Å²) >= 11 is 0. The maximum atomic E-state index is 12.4. The molecule has 2 unspecified atom stereocenters. The Morgan fingerprint density at radius 2 is 1.64 bits per heavy atom. The first-order valence-corrected chi connectivity index (χ1v) is 9.28. The summed E-state index contributed by atoms with van der Waals surface area (Å²) in [7, 11) is 0. The lowest BCUT2D eigenvalue weighted by molar-refractivity contribution is -0.148. The Balaban J connectivity index is 1.63. The number of carboxylic acids is 1. The zero-order chi connectivity index (χ0) is 20.5. The highest BCUT2D eigenvalue weighted by atomic mass is 16.6. The van der Waals surface area contributed by atoms with Gasteiger partial charge in [-0.1, -0.05) is 30.3 Å². The predicted molar refractivity (Wildman–Crippen MR) is 99.6 cm³/mol. The molecule has 2 saturated heterocycles. The van der Waals surface area contributed by atoms with Crippen molar-refractivity contribution in [2.24, 2.45) is 11.3 Å².